The molecule has 0 bridgehead atoms. The van der Waals surface area contributed by atoms with Gasteiger partial charge in [0.25, 0.3) is 0 Å². The molecular weight excluding hydrogens is 424 g/mol. The molecule has 0 aliphatic heterocycles. The molecule has 198 valence electrons. The van der Waals surface area contributed by atoms with E-state index in [9.17, 15) is 19.8 Å². The van der Waals surface area contributed by atoms with Crippen LogP contribution in [0.1, 0.15) is 143 Å². The average Bonchev–Trinajstić information content (AvgIpc) is 2.76. The number of carboxylic acid groups (broad SMARTS) is 2. The predicted molar refractivity (Wildman–Crippen MR) is 142 cm³/mol. The van der Waals surface area contributed by atoms with Crippen LogP contribution in [0.25, 0.3) is 0 Å². The first-order chi connectivity index (χ1) is 16.2. The van der Waals surface area contributed by atoms with Gasteiger partial charge in [0.15, 0.2) is 0 Å². The summed E-state index contributed by atoms with van der Waals surface area (Å²) in [6, 6.07) is 0. The van der Waals surface area contributed by atoms with Crippen LogP contribution in [-0.4, -0.2) is 22.2 Å². The number of carbonyl (C=O) groups is 2. The molecule has 0 amide bonds. The lowest BCUT2D eigenvalue weighted by molar-refractivity contribution is -0.178. The van der Waals surface area contributed by atoms with Gasteiger partial charge in [-0.05, 0) is 37.5 Å². The summed E-state index contributed by atoms with van der Waals surface area (Å²) in [5.74, 6) is -0.889. The van der Waals surface area contributed by atoms with Crippen molar-refractivity contribution >= 4 is 11.9 Å². The standard InChI is InChI=1S/C30H54O4/c1-25(2)20-16-14-12-10-8-6-5-7-9-11-13-15-17-21-29(27(31)32)22-18-19-23-30(29,28(33)34)24-26(3)4/h18-19,25-26H,5-17,20-24H2,1-4H3,(H,31,32)(H,33,34). The second kappa shape index (κ2) is 16.4. The van der Waals surface area contributed by atoms with Gasteiger partial charge in [-0.25, -0.2) is 0 Å². The van der Waals surface area contributed by atoms with Gasteiger partial charge in [0, 0.05) is 0 Å². The first-order valence-corrected chi connectivity index (χ1v) is 14.3. The SMILES string of the molecule is CC(C)CCCCCCCCCCCCCCCC1(C(=O)O)CC=CCC1(CC(C)C)C(=O)O. The fourth-order valence-electron chi connectivity index (χ4n) is 5.98. The van der Waals surface area contributed by atoms with E-state index in [1.807, 2.05) is 26.0 Å². The average molecular weight is 479 g/mol. The molecule has 1 aliphatic carbocycles. The van der Waals surface area contributed by atoms with Gasteiger partial charge in [-0.2, -0.15) is 0 Å². The fraction of sp³-hybridized carbons (Fsp3) is 0.867. The molecule has 4 heteroatoms. The van der Waals surface area contributed by atoms with Crippen molar-refractivity contribution in [3.05, 3.63) is 12.2 Å². The normalized spacial score (nSPS) is 22.5. The van der Waals surface area contributed by atoms with E-state index in [-0.39, 0.29) is 5.92 Å². The van der Waals surface area contributed by atoms with Gasteiger partial charge < -0.3 is 10.2 Å². The summed E-state index contributed by atoms with van der Waals surface area (Å²) in [7, 11) is 0. The van der Waals surface area contributed by atoms with E-state index in [1.54, 1.807) is 0 Å². The smallest absolute Gasteiger partial charge is 0.311 e. The summed E-state index contributed by atoms with van der Waals surface area (Å²) in [6.45, 7) is 8.59. The van der Waals surface area contributed by atoms with E-state index < -0.39 is 22.8 Å². The van der Waals surface area contributed by atoms with Crippen molar-refractivity contribution in [1.29, 1.82) is 0 Å². The maximum atomic E-state index is 12.5. The van der Waals surface area contributed by atoms with Gasteiger partial charge in [0.2, 0.25) is 0 Å². The van der Waals surface area contributed by atoms with E-state index in [1.165, 1.54) is 70.6 Å². The highest BCUT2D eigenvalue weighted by molar-refractivity contribution is 5.87. The molecule has 1 rings (SSSR count). The lowest BCUT2D eigenvalue weighted by Gasteiger charge is -2.47. The second-order valence-corrected chi connectivity index (χ2v) is 11.8. The van der Waals surface area contributed by atoms with Crippen molar-refractivity contribution in [3.8, 4) is 0 Å². The zero-order valence-electron chi connectivity index (χ0n) is 22.7. The number of carboxylic acids is 2. The van der Waals surface area contributed by atoms with E-state index in [0.29, 0.717) is 25.7 Å². The number of aliphatic carboxylic acids is 2. The van der Waals surface area contributed by atoms with Crippen molar-refractivity contribution in [2.24, 2.45) is 22.7 Å². The Balaban J connectivity index is 2.28. The van der Waals surface area contributed by atoms with Crippen LogP contribution in [0.15, 0.2) is 12.2 Å². The van der Waals surface area contributed by atoms with Crippen molar-refractivity contribution in [1.82, 2.24) is 0 Å². The van der Waals surface area contributed by atoms with Crippen LogP contribution < -0.4 is 0 Å². The van der Waals surface area contributed by atoms with Crippen LogP contribution in [0.2, 0.25) is 0 Å². The van der Waals surface area contributed by atoms with Crippen LogP contribution in [0.4, 0.5) is 0 Å². The number of hydrogen-bond acceptors (Lipinski definition) is 2. The minimum atomic E-state index is -1.20. The van der Waals surface area contributed by atoms with Gasteiger partial charge in [0.1, 0.15) is 0 Å². The molecule has 2 atom stereocenters. The summed E-state index contributed by atoms with van der Waals surface area (Å²) < 4.78 is 0. The Bertz CT molecular complexity index is 609. The maximum Gasteiger partial charge on any atom is 0.311 e. The largest absolute Gasteiger partial charge is 0.481 e. The van der Waals surface area contributed by atoms with Crippen molar-refractivity contribution in [2.45, 2.75) is 143 Å². The van der Waals surface area contributed by atoms with E-state index in [4.69, 9.17) is 0 Å². The highest BCUT2D eigenvalue weighted by atomic mass is 16.4. The molecule has 0 heterocycles. The van der Waals surface area contributed by atoms with Crippen LogP contribution in [-0.2, 0) is 9.59 Å². The van der Waals surface area contributed by atoms with Gasteiger partial charge >= 0.3 is 11.9 Å². The summed E-state index contributed by atoms with van der Waals surface area (Å²) >= 11 is 0. The molecule has 0 spiro atoms. The number of hydrogen-bond donors (Lipinski definition) is 2. The highest BCUT2D eigenvalue weighted by Gasteiger charge is 2.60. The third kappa shape index (κ3) is 9.74. The van der Waals surface area contributed by atoms with E-state index >= 15 is 0 Å². The fourth-order valence-corrected chi connectivity index (χ4v) is 5.98. The van der Waals surface area contributed by atoms with Crippen molar-refractivity contribution in [3.63, 3.8) is 0 Å². The van der Waals surface area contributed by atoms with Gasteiger partial charge in [-0.3, -0.25) is 9.59 Å². The Morgan fingerprint density at radius 3 is 1.38 bits per heavy atom. The number of unbranched alkanes of at least 4 members (excludes halogenated alkanes) is 12. The third-order valence-corrected chi connectivity index (χ3v) is 7.98. The minimum absolute atomic E-state index is 0.145. The van der Waals surface area contributed by atoms with Crippen LogP contribution in [0.5, 0.6) is 0 Å². The lowest BCUT2D eigenvalue weighted by atomic mass is 9.53. The molecule has 0 saturated carbocycles. The lowest BCUT2D eigenvalue weighted by Crippen LogP contribution is -2.54. The second-order valence-electron chi connectivity index (χ2n) is 11.8. The zero-order chi connectivity index (χ0) is 25.5. The minimum Gasteiger partial charge on any atom is -0.481 e. The topological polar surface area (TPSA) is 74.6 Å². The monoisotopic (exact) mass is 478 g/mol. The number of rotatable bonds is 20. The summed E-state index contributed by atoms with van der Waals surface area (Å²) in [6.07, 6.45) is 22.9. The quantitative estimate of drug-likeness (QED) is 0.135. The summed E-state index contributed by atoms with van der Waals surface area (Å²) in [5.41, 5.74) is -2.39. The first kappa shape index (κ1) is 30.7. The van der Waals surface area contributed by atoms with Crippen LogP contribution >= 0.6 is 0 Å². The molecule has 4 nitrogen and oxygen atoms in total. The van der Waals surface area contributed by atoms with E-state index in [0.717, 1.165) is 25.2 Å². The molecule has 1 aliphatic rings. The highest BCUT2D eigenvalue weighted by Crippen LogP contribution is 2.55. The Labute approximate surface area is 210 Å². The van der Waals surface area contributed by atoms with Crippen LogP contribution in [0.3, 0.4) is 0 Å². The molecular formula is C30H54O4. The van der Waals surface area contributed by atoms with Gasteiger partial charge in [0.05, 0.1) is 10.8 Å². The zero-order valence-corrected chi connectivity index (χ0v) is 22.7. The summed E-state index contributed by atoms with van der Waals surface area (Å²) in [4.78, 5) is 24.9. The van der Waals surface area contributed by atoms with E-state index in [2.05, 4.69) is 13.8 Å². The Morgan fingerprint density at radius 2 is 1.00 bits per heavy atom. The molecule has 0 aromatic carbocycles. The maximum absolute atomic E-state index is 12.5. The van der Waals surface area contributed by atoms with Crippen molar-refractivity contribution in [2.75, 3.05) is 0 Å². The Morgan fingerprint density at radius 1 is 0.618 bits per heavy atom. The molecule has 2 N–H and O–H groups in total. The molecule has 0 aromatic heterocycles. The molecule has 0 fully saturated rings. The Kier molecular flexibility index (Phi) is 14.8. The molecule has 0 aromatic rings. The molecule has 0 radical (unpaired) electrons. The molecule has 0 saturated heterocycles. The van der Waals surface area contributed by atoms with Gasteiger partial charge in [-0.1, -0.05) is 130 Å². The molecule has 2 unspecified atom stereocenters. The Hall–Kier alpha value is -1.32. The molecule has 34 heavy (non-hydrogen) atoms. The van der Waals surface area contributed by atoms with Crippen molar-refractivity contribution < 1.29 is 19.8 Å². The predicted octanol–water partition coefficient (Wildman–Crippen LogP) is 9.03. The number of allylic oxidation sites excluding steroid dienone is 2. The third-order valence-electron chi connectivity index (χ3n) is 7.98. The van der Waals surface area contributed by atoms with Gasteiger partial charge in [-0.15, -0.1) is 0 Å². The summed E-state index contributed by atoms with van der Waals surface area (Å²) in [5, 5.41) is 20.4. The first-order valence-electron chi connectivity index (χ1n) is 14.3. The van der Waals surface area contributed by atoms with Crippen LogP contribution in [0, 0.1) is 22.7 Å².